The van der Waals surface area contributed by atoms with E-state index < -0.39 is 0 Å². The van der Waals surface area contributed by atoms with Crippen LogP contribution in [0.5, 0.6) is 0 Å². The van der Waals surface area contributed by atoms with E-state index in [2.05, 4.69) is 5.32 Å². The van der Waals surface area contributed by atoms with Gasteiger partial charge in [0, 0.05) is 14.8 Å². The maximum atomic E-state index is 13.1. The maximum absolute atomic E-state index is 13.1. The Morgan fingerprint density at radius 1 is 1.11 bits per heavy atom. The molecule has 2 aromatic carbocycles. The molecule has 98 valence electrons. The maximum Gasteiger partial charge on any atom is 0.255 e. The molecule has 5 heteroatoms. The Balaban J connectivity index is 2.20. The Morgan fingerprint density at radius 2 is 1.79 bits per heavy atom. The van der Waals surface area contributed by atoms with Crippen LogP contribution in [0.25, 0.3) is 0 Å². The first kappa shape index (κ1) is 13.9. The first-order chi connectivity index (χ1) is 8.97. The molecule has 0 unspecified atom stereocenters. The third kappa shape index (κ3) is 3.28. The summed E-state index contributed by atoms with van der Waals surface area (Å²) in [4.78, 5) is 11.9. The molecule has 0 atom stereocenters. The standard InChI is InChI=1S/C14H10F2INO/c1-8-6-10(3-5-11(8)15)18-14(19)9-2-4-12(16)13(17)7-9/h2-7H,1H3,(H,18,19). The van der Waals surface area contributed by atoms with Crippen molar-refractivity contribution in [3.05, 3.63) is 62.7 Å². The Bertz CT molecular complexity index is 643. The molecule has 0 aliphatic heterocycles. The second-order valence-electron chi connectivity index (χ2n) is 4.05. The zero-order valence-corrected chi connectivity index (χ0v) is 12.2. The third-order valence-electron chi connectivity index (χ3n) is 2.60. The molecule has 0 heterocycles. The van der Waals surface area contributed by atoms with E-state index in [4.69, 9.17) is 0 Å². The molecule has 0 fully saturated rings. The summed E-state index contributed by atoms with van der Waals surface area (Å²) in [6, 6.07) is 8.42. The summed E-state index contributed by atoms with van der Waals surface area (Å²) >= 11 is 1.82. The molecule has 0 bridgehead atoms. The second-order valence-corrected chi connectivity index (χ2v) is 5.21. The average molecular weight is 373 g/mol. The van der Waals surface area contributed by atoms with Crippen LogP contribution in [-0.4, -0.2) is 5.91 Å². The Kier molecular flexibility index (Phi) is 4.14. The van der Waals surface area contributed by atoms with Crippen LogP contribution in [0.1, 0.15) is 15.9 Å². The van der Waals surface area contributed by atoms with Crippen molar-refractivity contribution >= 4 is 34.2 Å². The largest absolute Gasteiger partial charge is 0.322 e. The lowest BCUT2D eigenvalue weighted by atomic mass is 10.2. The SMILES string of the molecule is Cc1cc(NC(=O)c2ccc(F)c(I)c2)ccc1F. The number of carbonyl (C=O) groups excluding carboxylic acids is 1. The fraction of sp³-hybridized carbons (Fsp3) is 0.0714. The molecule has 0 aliphatic rings. The van der Waals surface area contributed by atoms with Crippen molar-refractivity contribution in [1.82, 2.24) is 0 Å². The summed E-state index contributed by atoms with van der Waals surface area (Å²) in [5, 5.41) is 2.64. The van der Waals surface area contributed by atoms with Gasteiger partial charge in [-0.3, -0.25) is 4.79 Å². The van der Waals surface area contributed by atoms with Crippen molar-refractivity contribution in [1.29, 1.82) is 0 Å². The molecule has 1 amide bonds. The number of carbonyl (C=O) groups is 1. The predicted octanol–water partition coefficient (Wildman–Crippen LogP) is 4.13. The van der Waals surface area contributed by atoms with Gasteiger partial charge in [-0.25, -0.2) is 8.78 Å². The van der Waals surface area contributed by atoms with Crippen molar-refractivity contribution < 1.29 is 13.6 Å². The molecular weight excluding hydrogens is 363 g/mol. The van der Waals surface area contributed by atoms with Crippen molar-refractivity contribution in [2.75, 3.05) is 5.32 Å². The summed E-state index contributed by atoms with van der Waals surface area (Å²) in [6.07, 6.45) is 0. The molecule has 2 rings (SSSR count). The minimum absolute atomic E-state index is 0.325. The van der Waals surface area contributed by atoms with E-state index >= 15 is 0 Å². The van der Waals surface area contributed by atoms with E-state index in [9.17, 15) is 13.6 Å². The van der Waals surface area contributed by atoms with Crippen LogP contribution in [0.3, 0.4) is 0 Å². The summed E-state index contributed by atoms with van der Waals surface area (Å²) < 4.78 is 26.6. The van der Waals surface area contributed by atoms with E-state index in [0.29, 0.717) is 20.4 Å². The molecule has 0 saturated heterocycles. The molecule has 0 saturated carbocycles. The second kappa shape index (κ2) is 5.64. The molecule has 0 aliphatic carbocycles. The summed E-state index contributed by atoms with van der Waals surface area (Å²) in [5.41, 5.74) is 1.31. The zero-order valence-electron chi connectivity index (χ0n) is 10.0. The van der Waals surface area contributed by atoms with E-state index in [1.165, 1.54) is 30.3 Å². The minimum Gasteiger partial charge on any atom is -0.322 e. The van der Waals surface area contributed by atoms with E-state index in [0.717, 1.165) is 0 Å². The molecule has 1 N–H and O–H groups in total. The quantitative estimate of drug-likeness (QED) is 0.789. The van der Waals surface area contributed by atoms with Crippen LogP contribution < -0.4 is 5.32 Å². The third-order valence-corrected chi connectivity index (χ3v) is 3.42. The van der Waals surface area contributed by atoms with Crippen molar-refractivity contribution in [2.24, 2.45) is 0 Å². The number of nitrogens with one attached hydrogen (secondary N) is 1. The monoisotopic (exact) mass is 373 g/mol. The highest BCUT2D eigenvalue weighted by molar-refractivity contribution is 14.1. The van der Waals surface area contributed by atoms with Crippen LogP contribution >= 0.6 is 22.6 Å². The fourth-order valence-electron chi connectivity index (χ4n) is 1.56. The van der Waals surface area contributed by atoms with Crippen LogP contribution in [0.15, 0.2) is 36.4 Å². The van der Waals surface area contributed by atoms with Gasteiger partial charge >= 0.3 is 0 Å². The van der Waals surface area contributed by atoms with Crippen LogP contribution in [-0.2, 0) is 0 Å². The fourth-order valence-corrected chi connectivity index (χ4v) is 2.08. The average Bonchev–Trinajstić information content (AvgIpc) is 2.37. The Morgan fingerprint density at radius 3 is 2.42 bits per heavy atom. The van der Waals surface area contributed by atoms with Gasteiger partial charge in [-0.1, -0.05) is 0 Å². The van der Waals surface area contributed by atoms with Crippen molar-refractivity contribution in [2.45, 2.75) is 6.92 Å². The molecule has 0 radical (unpaired) electrons. The molecule has 0 spiro atoms. The smallest absolute Gasteiger partial charge is 0.255 e. The molecule has 19 heavy (non-hydrogen) atoms. The van der Waals surface area contributed by atoms with Crippen LogP contribution in [0, 0.1) is 22.1 Å². The number of hydrogen-bond acceptors (Lipinski definition) is 1. The molecule has 0 aromatic heterocycles. The summed E-state index contributed by atoms with van der Waals surface area (Å²) in [7, 11) is 0. The summed E-state index contributed by atoms with van der Waals surface area (Å²) in [5.74, 6) is -1.05. The molecule has 2 aromatic rings. The van der Waals surface area contributed by atoms with Crippen molar-refractivity contribution in [3.63, 3.8) is 0 Å². The topological polar surface area (TPSA) is 29.1 Å². The molecular formula is C14H10F2INO. The highest BCUT2D eigenvalue weighted by Gasteiger charge is 2.09. The van der Waals surface area contributed by atoms with E-state index in [1.807, 2.05) is 22.6 Å². The number of amides is 1. The highest BCUT2D eigenvalue weighted by atomic mass is 127. The van der Waals surface area contributed by atoms with E-state index in [1.54, 1.807) is 13.0 Å². The highest BCUT2D eigenvalue weighted by Crippen LogP contribution is 2.17. The Hall–Kier alpha value is -1.50. The Labute approximate surface area is 123 Å². The van der Waals surface area contributed by atoms with Gasteiger partial charge in [-0.05, 0) is 71.5 Å². The lowest BCUT2D eigenvalue weighted by Crippen LogP contribution is -2.12. The van der Waals surface area contributed by atoms with Gasteiger partial charge in [0.25, 0.3) is 5.91 Å². The predicted molar refractivity (Wildman–Crippen MR) is 78.2 cm³/mol. The van der Waals surface area contributed by atoms with Gasteiger partial charge in [0.2, 0.25) is 0 Å². The number of hydrogen-bond donors (Lipinski definition) is 1. The number of benzene rings is 2. The lowest BCUT2D eigenvalue weighted by molar-refractivity contribution is 0.102. The van der Waals surface area contributed by atoms with Crippen LogP contribution in [0.2, 0.25) is 0 Å². The molecule has 2 nitrogen and oxygen atoms in total. The van der Waals surface area contributed by atoms with Crippen molar-refractivity contribution in [3.8, 4) is 0 Å². The van der Waals surface area contributed by atoms with Gasteiger partial charge < -0.3 is 5.32 Å². The number of anilines is 1. The zero-order chi connectivity index (χ0) is 14.0. The number of halogens is 3. The normalized spacial score (nSPS) is 10.3. The lowest BCUT2D eigenvalue weighted by Gasteiger charge is -2.07. The first-order valence-corrected chi connectivity index (χ1v) is 6.58. The minimum atomic E-state index is -0.366. The van der Waals surface area contributed by atoms with Crippen LogP contribution in [0.4, 0.5) is 14.5 Å². The summed E-state index contributed by atoms with van der Waals surface area (Å²) in [6.45, 7) is 1.62. The van der Waals surface area contributed by atoms with Gasteiger partial charge in [-0.2, -0.15) is 0 Å². The van der Waals surface area contributed by atoms with Gasteiger partial charge in [0.15, 0.2) is 0 Å². The van der Waals surface area contributed by atoms with Gasteiger partial charge in [0.05, 0.1) is 0 Å². The number of aryl methyl sites for hydroxylation is 1. The van der Waals surface area contributed by atoms with Gasteiger partial charge in [-0.15, -0.1) is 0 Å². The van der Waals surface area contributed by atoms with Gasteiger partial charge in [0.1, 0.15) is 11.6 Å². The van der Waals surface area contributed by atoms with E-state index in [-0.39, 0.29) is 17.5 Å². The first-order valence-electron chi connectivity index (χ1n) is 5.50. The number of rotatable bonds is 2.